The fourth-order valence-electron chi connectivity index (χ4n) is 4.14. The molecule has 0 radical (unpaired) electrons. The van der Waals surface area contributed by atoms with Crippen molar-refractivity contribution in [3.63, 3.8) is 0 Å². The third-order valence-electron chi connectivity index (χ3n) is 5.93. The largest absolute Gasteiger partial charge is 0.383 e. The van der Waals surface area contributed by atoms with Gasteiger partial charge in [0, 0.05) is 51.1 Å². The predicted octanol–water partition coefficient (Wildman–Crippen LogP) is 2.48. The minimum absolute atomic E-state index is 0.532. The highest BCUT2D eigenvalue weighted by Crippen LogP contribution is 2.19. The molecule has 1 unspecified atom stereocenters. The lowest BCUT2D eigenvalue weighted by molar-refractivity contribution is 0.182. The zero-order valence-corrected chi connectivity index (χ0v) is 18.8. The van der Waals surface area contributed by atoms with E-state index in [-0.39, 0.29) is 0 Å². The third-order valence-corrected chi connectivity index (χ3v) is 5.93. The Morgan fingerprint density at radius 3 is 2.77 bits per heavy atom. The molecule has 1 saturated heterocycles. The van der Waals surface area contributed by atoms with Gasteiger partial charge in [0.1, 0.15) is 0 Å². The Morgan fingerprint density at radius 2 is 2.03 bits per heavy atom. The van der Waals surface area contributed by atoms with E-state index in [2.05, 4.69) is 69.8 Å². The maximum atomic E-state index is 5.18. The van der Waals surface area contributed by atoms with Gasteiger partial charge in [0.25, 0.3) is 0 Å². The van der Waals surface area contributed by atoms with Gasteiger partial charge >= 0.3 is 0 Å². The standard InChI is InChI=1S/C23H36N6O/c1-18-22(19(2)29(27-18)13-14-30-4)16-26-23(24-3)25-15-21-11-8-12-28(21)17-20-9-6-5-7-10-20/h5-7,9-10,21H,8,11-17H2,1-4H3,(H2,24,25,26). The molecular weight excluding hydrogens is 376 g/mol. The Morgan fingerprint density at radius 1 is 1.23 bits per heavy atom. The van der Waals surface area contributed by atoms with E-state index in [0.29, 0.717) is 19.2 Å². The molecule has 0 bridgehead atoms. The zero-order chi connectivity index (χ0) is 21.3. The molecule has 2 aromatic rings. The van der Waals surface area contributed by atoms with Crippen LogP contribution in [0.3, 0.4) is 0 Å². The second kappa shape index (κ2) is 11.1. The number of aromatic nitrogens is 2. The van der Waals surface area contributed by atoms with Crippen molar-refractivity contribution in [2.24, 2.45) is 4.99 Å². The molecule has 7 heteroatoms. The van der Waals surface area contributed by atoms with Gasteiger partial charge in [-0.25, -0.2) is 0 Å². The van der Waals surface area contributed by atoms with Crippen molar-refractivity contribution < 1.29 is 4.74 Å². The lowest BCUT2D eigenvalue weighted by Gasteiger charge is -2.25. The summed E-state index contributed by atoms with van der Waals surface area (Å²) in [5.74, 6) is 0.838. The summed E-state index contributed by atoms with van der Waals surface area (Å²) in [7, 11) is 3.54. The third kappa shape index (κ3) is 5.83. The van der Waals surface area contributed by atoms with Crippen LogP contribution in [-0.2, 0) is 24.4 Å². The molecule has 1 aliphatic heterocycles. The number of nitrogens with one attached hydrogen (secondary N) is 2. The van der Waals surface area contributed by atoms with Gasteiger partial charge in [0.2, 0.25) is 0 Å². The first-order valence-corrected chi connectivity index (χ1v) is 10.9. The first-order valence-electron chi connectivity index (χ1n) is 10.9. The van der Waals surface area contributed by atoms with E-state index in [1.165, 1.54) is 29.7 Å². The van der Waals surface area contributed by atoms with Crippen LogP contribution in [0.5, 0.6) is 0 Å². The summed E-state index contributed by atoms with van der Waals surface area (Å²) < 4.78 is 7.20. The summed E-state index contributed by atoms with van der Waals surface area (Å²) in [6.45, 7) is 9.39. The Kier molecular flexibility index (Phi) is 8.28. The Bertz CT molecular complexity index is 817. The number of guanidine groups is 1. The van der Waals surface area contributed by atoms with Crippen molar-refractivity contribution in [2.45, 2.75) is 52.4 Å². The normalized spacial score (nSPS) is 17.5. The van der Waals surface area contributed by atoms with Crippen LogP contribution in [0, 0.1) is 13.8 Å². The summed E-state index contributed by atoms with van der Waals surface area (Å²) in [5.41, 5.74) is 4.83. The summed E-state index contributed by atoms with van der Waals surface area (Å²) in [6, 6.07) is 11.3. The number of nitrogens with zero attached hydrogens (tertiary/aromatic N) is 4. The average molecular weight is 413 g/mol. The summed E-state index contributed by atoms with van der Waals surface area (Å²) in [4.78, 5) is 6.99. The van der Waals surface area contributed by atoms with Crippen LogP contribution in [0.1, 0.15) is 35.4 Å². The maximum Gasteiger partial charge on any atom is 0.191 e. The molecule has 1 fully saturated rings. The van der Waals surface area contributed by atoms with Gasteiger partial charge in [-0.05, 0) is 38.8 Å². The Labute approximate surface area is 180 Å². The van der Waals surface area contributed by atoms with Crippen LogP contribution in [0.2, 0.25) is 0 Å². The highest BCUT2D eigenvalue weighted by Gasteiger charge is 2.24. The molecule has 0 spiro atoms. The predicted molar refractivity (Wildman–Crippen MR) is 122 cm³/mol. The smallest absolute Gasteiger partial charge is 0.191 e. The van der Waals surface area contributed by atoms with Crippen molar-refractivity contribution in [2.75, 3.05) is 33.9 Å². The van der Waals surface area contributed by atoms with Crippen molar-refractivity contribution in [1.29, 1.82) is 0 Å². The second-order valence-electron chi connectivity index (χ2n) is 7.92. The quantitative estimate of drug-likeness (QED) is 0.489. The monoisotopic (exact) mass is 412 g/mol. The lowest BCUT2D eigenvalue weighted by Crippen LogP contribution is -2.44. The number of likely N-dealkylation sites (tertiary alicyclic amines) is 1. The number of hydrogen-bond donors (Lipinski definition) is 2. The van der Waals surface area contributed by atoms with Crippen molar-refractivity contribution in [3.8, 4) is 0 Å². The van der Waals surface area contributed by atoms with Gasteiger partial charge in [-0.15, -0.1) is 0 Å². The highest BCUT2D eigenvalue weighted by atomic mass is 16.5. The zero-order valence-electron chi connectivity index (χ0n) is 18.8. The molecule has 3 rings (SSSR count). The van der Waals surface area contributed by atoms with E-state index in [4.69, 9.17) is 4.74 Å². The summed E-state index contributed by atoms with van der Waals surface area (Å²) >= 11 is 0. The number of aliphatic imine (C=N–C) groups is 1. The summed E-state index contributed by atoms with van der Waals surface area (Å²) in [6.07, 6.45) is 2.48. The fourth-order valence-corrected chi connectivity index (χ4v) is 4.14. The van der Waals surface area contributed by atoms with Crippen LogP contribution in [0.25, 0.3) is 0 Å². The molecule has 0 aliphatic carbocycles. The number of aryl methyl sites for hydroxylation is 1. The van der Waals surface area contributed by atoms with Gasteiger partial charge in [-0.3, -0.25) is 14.6 Å². The molecule has 1 atom stereocenters. The molecule has 2 heterocycles. The van der Waals surface area contributed by atoms with Crippen LogP contribution < -0.4 is 10.6 Å². The summed E-state index contributed by atoms with van der Waals surface area (Å²) in [5, 5.41) is 11.6. The minimum atomic E-state index is 0.532. The fraction of sp³-hybridized carbons (Fsp3) is 0.565. The highest BCUT2D eigenvalue weighted by molar-refractivity contribution is 5.79. The van der Waals surface area contributed by atoms with E-state index >= 15 is 0 Å². The van der Waals surface area contributed by atoms with E-state index in [0.717, 1.165) is 37.8 Å². The van der Waals surface area contributed by atoms with E-state index in [1.54, 1.807) is 7.11 Å². The molecule has 1 aliphatic rings. The molecule has 1 aromatic carbocycles. The molecule has 0 amide bonds. The van der Waals surface area contributed by atoms with E-state index in [9.17, 15) is 0 Å². The second-order valence-corrected chi connectivity index (χ2v) is 7.92. The topological polar surface area (TPSA) is 66.7 Å². The molecule has 7 nitrogen and oxygen atoms in total. The van der Waals surface area contributed by atoms with Crippen molar-refractivity contribution in [3.05, 3.63) is 52.8 Å². The first kappa shape index (κ1) is 22.3. The Hall–Kier alpha value is -2.38. The van der Waals surface area contributed by atoms with Gasteiger partial charge < -0.3 is 15.4 Å². The van der Waals surface area contributed by atoms with Crippen LogP contribution >= 0.6 is 0 Å². The van der Waals surface area contributed by atoms with Crippen LogP contribution in [-0.4, -0.2) is 60.5 Å². The number of ether oxygens (including phenoxy) is 1. The molecule has 164 valence electrons. The van der Waals surface area contributed by atoms with Crippen LogP contribution in [0.15, 0.2) is 35.3 Å². The number of hydrogen-bond acceptors (Lipinski definition) is 4. The molecule has 0 saturated carbocycles. The van der Waals surface area contributed by atoms with E-state index < -0.39 is 0 Å². The Balaban J connectivity index is 1.51. The maximum absolute atomic E-state index is 5.18. The number of rotatable bonds is 9. The van der Waals surface area contributed by atoms with Crippen molar-refractivity contribution >= 4 is 5.96 Å². The van der Waals surface area contributed by atoms with Gasteiger partial charge in [0.05, 0.1) is 18.8 Å². The number of methoxy groups -OCH3 is 1. The number of benzene rings is 1. The van der Waals surface area contributed by atoms with Gasteiger partial charge in [0.15, 0.2) is 5.96 Å². The van der Waals surface area contributed by atoms with Crippen molar-refractivity contribution in [1.82, 2.24) is 25.3 Å². The molecule has 2 N–H and O–H groups in total. The minimum Gasteiger partial charge on any atom is -0.383 e. The van der Waals surface area contributed by atoms with Gasteiger partial charge in [-0.1, -0.05) is 30.3 Å². The van der Waals surface area contributed by atoms with E-state index in [1.807, 2.05) is 11.7 Å². The molecular formula is C23H36N6O. The van der Waals surface area contributed by atoms with Gasteiger partial charge in [-0.2, -0.15) is 5.10 Å². The van der Waals surface area contributed by atoms with Crippen LogP contribution in [0.4, 0.5) is 0 Å². The molecule has 1 aromatic heterocycles. The average Bonchev–Trinajstić information content (AvgIpc) is 3.31. The first-order chi connectivity index (χ1) is 14.6. The lowest BCUT2D eigenvalue weighted by atomic mass is 10.2. The SMILES string of the molecule is CN=C(NCc1c(C)nn(CCOC)c1C)NCC1CCCN1Cc1ccccc1. The molecule has 30 heavy (non-hydrogen) atoms.